The maximum Gasteiger partial charge on any atom is 0.280 e. The molecule has 124 valence electrons. The number of alkyl halides is 1. The first-order chi connectivity index (χ1) is 12.3. The molecule has 0 aliphatic carbocycles. The molecule has 0 radical (unpaired) electrons. The van der Waals surface area contributed by atoms with Crippen LogP contribution in [0.15, 0.2) is 80.9 Å². The van der Waals surface area contributed by atoms with Gasteiger partial charge in [0.25, 0.3) is 5.22 Å². The van der Waals surface area contributed by atoms with Crippen LogP contribution in [-0.4, -0.2) is 15.4 Å². The molecule has 5 nitrogen and oxygen atoms in total. The SMILES string of the molecule is FC(Sc1nnc(-c2ccccc2)o1)c1cc(-c2ccccc2)no1. The van der Waals surface area contributed by atoms with Crippen molar-refractivity contribution in [3.05, 3.63) is 72.5 Å². The minimum atomic E-state index is -1.49. The van der Waals surface area contributed by atoms with E-state index >= 15 is 0 Å². The van der Waals surface area contributed by atoms with Gasteiger partial charge in [0, 0.05) is 17.2 Å². The third kappa shape index (κ3) is 3.46. The second kappa shape index (κ2) is 6.90. The predicted molar refractivity (Wildman–Crippen MR) is 91.4 cm³/mol. The Balaban J connectivity index is 1.49. The minimum Gasteiger partial charge on any atom is -0.411 e. The van der Waals surface area contributed by atoms with Gasteiger partial charge in [-0.15, -0.1) is 10.2 Å². The first-order valence-electron chi connectivity index (χ1n) is 7.51. The highest BCUT2D eigenvalue weighted by atomic mass is 32.2. The highest BCUT2D eigenvalue weighted by Gasteiger charge is 2.21. The monoisotopic (exact) mass is 353 g/mol. The molecule has 0 spiro atoms. The van der Waals surface area contributed by atoms with E-state index in [1.54, 1.807) is 6.07 Å². The Bertz CT molecular complexity index is 957. The summed E-state index contributed by atoms with van der Waals surface area (Å²) >= 11 is 0.780. The van der Waals surface area contributed by atoms with E-state index in [0.29, 0.717) is 11.6 Å². The number of benzene rings is 2. The molecular weight excluding hydrogens is 341 g/mol. The zero-order valence-electron chi connectivity index (χ0n) is 12.9. The molecular formula is C18H12FN3O2S. The van der Waals surface area contributed by atoms with Crippen LogP contribution in [0.1, 0.15) is 11.3 Å². The minimum absolute atomic E-state index is 0.100. The fourth-order valence-corrected chi connectivity index (χ4v) is 2.86. The summed E-state index contributed by atoms with van der Waals surface area (Å²) in [5.41, 5.74) is 0.727. The predicted octanol–water partition coefficient (Wildman–Crippen LogP) is 5.15. The summed E-state index contributed by atoms with van der Waals surface area (Å²) in [6.45, 7) is 0. The molecule has 2 aromatic carbocycles. The Labute approximate surface area is 146 Å². The van der Waals surface area contributed by atoms with Crippen LogP contribution in [0.2, 0.25) is 0 Å². The number of hydrogen-bond donors (Lipinski definition) is 0. The standard InChI is InChI=1S/C18H12FN3O2S/c19-16(15-11-14(22-24-15)12-7-3-1-4-8-12)25-18-21-20-17(23-18)13-9-5-2-6-10-13/h1-11,16H. The average Bonchev–Trinajstić information content (AvgIpc) is 3.33. The quantitative estimate of drug-likeness (QED) is 0.462. The van der Waals surface area contributed by atoms with Crippen molar-refractivity contribution in [3.8, 4) is 22.7 Å². The molecule has 0 fully saturated rings. The van der Waals surface area contributed by atoms with Gasteiger partial charge in [-0.2, -0.15) is 0 Å². The lowest BCUT2D eigenvalue weighted by atomic mass is 10.1. The summed E-state index contributed by atoms with van der Waals surface area (Å²) in [6, 6.07) is 20.3. The van der Waals surface area contributed by atoms with Gasteiger partial charge in [-0.1, -0.05) is 53.7 Å². The van der Waals surface area contributed by atoms with Crippen LogP contribution in [0.4, 0.5) is 4.39 Å². The first kappa shape index (κ1) is 15.6. The normalized spacial score (nSPS) is 12.2. The third-order valence-corrected chi connectivity index (χ3v) is 4.26. The zero-order valence-corrected chi connectivity index (χ0v) is 13.7. The summed E-state index contributed by atoms with van der Waals surface area (Å²) in [7, 11) is 0. The molecule has 0 saturated heterocycles. The maximum absolute atomic E-state index is 14.5. The van der Waals surface area contributed by atoms with E-state index in [4.69, 9.17) is 8.94 Å². The van der Waals surface area contributed by atoms with Crippen molar-refractivity contribution < 1.29 is 13.3 Å². The van der Waals surface area contributed by atoms with Gasteiger partial charge in [0.05, 0.1) is 0 Å². The van der Waals surface area contributed by atoms with Gasteiger partial charge in [-0.25, -0.2) is 4.39 Å². The van der Waals surface area contributed by atoms with Crippen LogP contribution in [0.5, 0.6) is 0 Å². The van der Waals surface area contributed by atoms with Crippen LogP contribution < -0.4 is 0 Å². The molecule has 2 heterocycles. The Morgan fingerprint density at radius 1 is 0.880 bits per heavy atom. The van der Waals surface area contributed by atoms with Gasteiger partial charge in [-0.05, 0) is 23.9 Å². The summed E-state index contributed by atoms with van der Waals surface area (Å²) < 4.78 is 25.1. The highest BCUT2D eigenvalue weighted by Crippen LogP contribution is 2.37. The number of hydrogen-bond acceptors (Lipinski definition) is 6. The van der Waals surface area contributed by atoms with Crippen LogP contribution in [-0.2, 0) is 0 Å². The fourth-order valence-electron chi connectivity index (χ4n) is 2.24. The zero-order chi connectivity index (χ0) is 17.1. The lowest BCUT2D eigenvalue weighted by molar-refractivity contribution is 0.322. The molecule has 25 heavy (non-hydrogen) atoms. The smallest absolute Gasteiger partial charge is 0.280 e. The van der Waals surface area contributed by atoms with Gasteiger partial charge in [0.15, 0.2) is 5.76 Å². The molecule has 0 aliphatic rings. The van der Waals surface area contributed by atoms with E-state index in [2.05, 4.69) is 15.4 Å². The molecule has 0 saturated carbocycles. The van der Waals surface area contributed by atoms with Crippen LogP contribution in [0.25, 0.3) is 22.7 Å². The molecule has 0 aliphatic heterocycles. The van der Waals surface area contributed by atoms with Crippen LogP contribution in [0, 0.1) is 0 Å². The van der Waals surface area contributed by atoms with Gasteiger partial charge < -0.3 is 8.94 Å². The summed E-state index contributed by atoms with van der Waals surface area (Å²) in [5.74, 6) is 0.446. The number of nitrogens with zero attached hydrogens (tertiary/aromatic N) is 3. The molecule has 0 N–H and O–H groups in total. The fraction of sp³-hybridized carbons (Fsp3) is 0.0556. The van der Waals surface area contributed by atoms with Crippen molar-refractivity contribution in [3.63, 3.8) is 0 Å². The topological polar surface area (TPSA) is 65.0 Å². The van der Waals surface area contributed by atoms with E-state index in [0.717, 1.165) is 22.9 Å². The molecule has 2 aromatic heterocycles. The highest BCUT2D eigenvalue weighted by molar-refractivity contribution is 7.99. The lowest BCUT2D eigenvalue weighted by Crippen LogP contribution is -1.83. The number of rotatable bonds is 5. The third-order valence-electron chi connectivity index (χ3n) is 3.45. The first-order valence-corrected chi connectivity index (χ1v) is 8.39. The molecule has 1 unspecified atom stereocenters. The molecule has 7 heteroatoms. The number of thioether (sulfide) groups is 1. The average molecular weight is 353 g/mol. The number of halogens is 1. The van der Waals surface area contributed by atoms with Crippen molar-refractivity contribution in [1.29, 1.82) is 0 Å². The molecule has 4 aromatic rings. The summed E-state index contributed by atoms with van der Waals surface area (Å²) in [4.78, 5) is 0. The van der Waals surface area contributed by atoms with Crippen molar-refractivity contribution >= 4 is 11.8 Å². The van der Waals surface area contributed by atoms with Gasteiger partial charge in [0.1, 0.15) is 5.69 Å². The largest absolute Gasteiger partial charge is 0.411 e. The van der Waals surface area contributed by atoms with Gasteiger partial charge in [0.2, 0.25) is 11.4 Å². The molecule has 0 amide bonds. The second-order valence-electron chi connectivity index (χ2n) is 5.15. The summed E-state index contributed by atoms with van der Waals surface area (Å²) in [5, 5.41) is 11.8. The van der Waals surface area contributed by atoms with Crippen molar-refractivity contribution in [2.24, 2.45) is 0 Å². The molecule has 0 bridgehead atoms. The van der Waals surface area contributed by atoms with E-state index < -0.39 is 5.50 Å². The second-order valence-corrected chi connectivity index (χ2v) is 6.15. The van der Waals surface area contributed by atoms with E-state index in [1.165, 1.54) is 0 Å². The van der Waals surface area contributed by atoms with Crippen LogP contribution >= 0.6 is 11.8 Å². The molecule has 4 rings (SSSR count). The Hall–Kier alpha value is -2.93. The maximum atomic E-state index is 14.5. The van der Waals surface area contributed by atoms with Gasteiger partial charge >= 0.3 is 0 Å². The Morgan fingerprint density at radius 3 is 2.28 bits per heavy atom. The van der Waals surface area contributed by atoms with Crippen molar-refractivity contribution in [2.45, 2.75) is 10.7 Å². The van der Waals surface area contributed by atoms with Gasteiger partial charge in [-0.3, -0.25) is 0 Å². The number of aromatic nitrogens is 3. The Morgan fingerprint density at radius 2 is 1.56 bits per heavy atom. The van der Waals surface area contributed by atoms with E-state index in [-0.39, 0.29) is 11.0 Å². The Kier molecular flexibility index (Phi) is 4.30. The van der Waals surface area contributed by atoms with Crippen molar-refractivity contribution in [1.82, 2.24) is 15.4 Å². The van der Waals surface area contributed by atoms with E-state index in [1.807, 2.05) is 60.7 Å². The summed E-state index contributed by atoms with van der Waals surface area (Å²) in [6.07, 6.45) is 0. The van der Waals surface area contributed by atoms with Crippen LogP contribution in [0.3, 0.4) is 0 Å². The molecule has 1 atom stereocenters. The lowest BCUT2D eigenvalue weighted by Gasteiger charge is -1.98. The van der Waals surface area contributed by atoms with Crippen molar-refractivity contribution in [2.75, 3.05) is 0 Å². The van der Waals surface area contributed by atoms with E-state index in [9.17, 15) is 4.39 Å².